The molecule has 2 fully saturated rings. The van der Waals surface area contributed by atoms with Crippen molar-refractivity contribution in [1.82, 2.24) is 9.80 Å². The summed E-state index contributed by atoms with van der Waals surface area (Å²) in [5, 5.41) is 9.03. The Balaban J connectivity index is 2.10. The first-order valence-corrected chi connectivity index (χ1v) is 6.60. The Kier molecular flexibility index (Phi) is 3.73. The SMILES string of the molecule is CN1C(=O)[C@@H](N2CCCCC2)S/C1=C\C(=O)O. The number of carboxylic acid groups (broad SMARTS) is 1. The lowest BCUT2D eigenvalue weighted by atomic mass is 10.1. The van der Waals surface area contributed by atoms with Gasteiger partial charge in [0.05, 0.1) is 11.1 Å². The molecule has 1 amide bonds. The molecule has 5 nitrogen and oxygen atoms in total. The van der Waals surface area contributed by atoms with Crippen molar-refractivity contribution < 1.29 is 14.7 Å². The van der Waals surface area contributed by atoms with E-state index >= 15 is 0 Å². The van der Waals surface area contributed by atoms with Crippen LogP contribution in [-0.2, 0) is 9.59 Å². The largest absolute Gasteiger partial charge is 0.478 e. The summed E-state index contributed by atoms with van der Waals surface area (Å²) in [5.41, 5.74) is 0. The van der Waals surface area contributed by atoms with Crippen molar-refractivity contribution in [2.75, 3.05) is 20.1 Å². The predicted octanol–water partition coefficient (Wildman–Crippen LogP) is 0.930. The first-order chi connectivity index (χ1) is 8.09. The van der Waals surface area contributed by atoms with Gasteiger partial charge in [0.25, 0.3) is 5.91 Å². The first-order valence-electron chi connectivity index (χ1n) is 5.72. The van der Waals surface area contributed by atoms with E-state index in [9.17, 15) is 9.59 Å². The highest BCUT2D eigenvalue weighted by atomic mass is 32.2. The van der Waals surface area contributed by atoms with Crippen LogP contribution in [0.1, 0.15) is 19.3 Å². The van der Waals surface area contributed by atoms with E-state index in [1.807, 2.05) is 0 Å². The van der Waals surface area contributed by atoms with Crippen LogP contribution < -0.4 is 0 Å². The smallest absolute Gasteiger partial charge is 0.330 e. The highest BCUT2D eigenvalue weighted by Crippen LogP contribution is 2.36. The second-order valence-electron chi connectivity index (χ2n) is 4.28. The third-order valence-corrected chi connectivity index (χ3v) is 4.43. The molecule has 0 aliphatic carbocycles. The highest BCUT2D eigenvalue weighted by Gasteiger charge is 2.38. The molecule has 1 atom stereocenters. The van der Waals surface area contributed by atoms with Crippen LogP contribution in [-0.4, -0.2) is 52.3 Å². The van der Waals surface area contributed by atoms with Gasteiger partial charge in [-0.1, -0.05) is 18.2 Å². The van der Waals surface area contributed by atoms with Gasteiger partial charge >= 0.3 is 5.97 Å². The molecule has 0 saturated carbocycles. The van der Waals surface area contributed by atoms with Crippen molar-refractivity contribution in [3.63, 3.8) is 0 Å². The van der Waals surface area contributed by atoms with Crippen LogP contribution in [0.4, 0.5) is 0 Å². The van der Waals surface area contributed by atoms with E-state index < -0.39 is 5.97 Å². The molecule has 2 heterocycles. The van der Waals surface area contributed by atoms with Crippen molar-refractivity contribution >= 4 is 23.6 Å². The van der Waals surface area contributed by atoms with Crippen LogP contribution in [0.2, 0.25) is 0 Å². The molecule has 0 unspecified atom stereocenters. The molecular weight excluding hydrogens is 240 g/mol. The Morgan fingerprint density at radius 2 is 2.06 bits per heavy atom. The number of hydrogen-bond acceptors (Lipinski definition) is 4. The number of likely N-dealkylation sites (tertiary alicyclic amines) is 1. The molecule has 2 saturated heterocycles. The fourth-order valence-electron chi connectivity index (χ4n) is 2.14. The van der Waals surface area contributed by atoms with E-state index in [1.54, 1.807) is 7.05 Å². The number of carboxylic acids is 1. The lowest BCUT2D eigenvalue weighted by Gasteiger charge is -2.29. The Labute approximate surface area is 104 Å². The summed E-state index contributed by atoms with van der Waals surface area (Å²) in [6.07, 6.45) is 4.56. The van der Waals surface area contributed by atoms with Crippen molar-refractivity contribution in [2.24, 2.45) is 0 Å². The van der Waals surface area contributed by atoms with E-state index in [2.05, 4.69) is 4.90 Å². The summed E-state index contributed by atoms with van der Waals surface area (Å²) in [6, 6.07) is 0. The fourth-order valence-corrected chi connectivity index (χ4v) is 3.40. The number of carbonyl (C=O) groups excluding carboxylic acids is 1. The average molecular weight is 256 g/mol. The normalized spacial score (nSPS) is 29.0. The summed E-state index contributed by atoms with van der Waals surface area (Å²) in [4.78, 5) is 26.3. The lowest BCUT2D eigenvalue weighted by Crippen LogP contribution is -2.42. The predicted molar refractivity (Wildman–Crippen MR) is 65.3 cm³/mol. The van der Waals surface area contributed by atoms with E-state index in [1.165, 1.54) is 23.1 Å². The second-order valence-corrected chi connectivity index (χ2v) is 5.39. The Morgan fingerprint density at radius 1 is 1.41 bits per heavy atom. The molecule has 2 rings (SSSR count). The number of hydrogen-bond donors (Lipinski definition) is 1. The van der Waals surface area contributed by atoms with Crippen LogP contribution in [0, 0.1) is 0 Å². The zero-order valence-electron chi connectivity index (χ0n) is 9.76. The minimum atomic E-state index is -1.01. The maximum atomic E-state index is 12.0. The molecule has 17 heavy (non-hydrogen) atoms. The van der Waals surface area contributed by atoms with E-state index in [0.29, 0.717) is 5.03 Å². The molecule has 2 aliphatic heterocycles. The van der Waals surface area contributed by atoms with Gasteiger partial charge in [0.2, 0.25) is 0 Å². The monoisotopic (exact) mass is 256 g/mol. The maximum absolute atomic E-state index is 12.0. The zero-order valence-corrected chi connectivity index (χ0v) is 10.6. The van der Waals surface area contributed by atoms with Crippen molar-refractivity contribution in [2.45, 2.75) is 24.6 Å². The molecule has 1 N–H and O–H groups in total. The van der Waals surface area contributed by atoms with Crippen molar-refractivity contribution in [1.29, 1.82) is 0 Å². The maximum Gasteiger partial charge on any atom is 0.330 e. The lowest BCUT2D eigenvalue weighted by molar-refractivity contribution is -0.131. The molecule has 0 aromatic rings. The Hall–Kier alpha value is -1.01. The van der Waals surface area contributed by atoms with Gasteiger partial charge in [-0.15, -0.1) is 0 Å². The Morgan fingerprint density at radius 3 is 2.65 bits per heavy atom. The number of likely N-dealkylation sites (N-methyl/N-ethyl adjacent to an activating group) is 1. The molecule has 0 bridgehead atoms. The molecule has 94 valence electrons. The summed E-state index contributed by atoms with van der Waals surface area (Å²) in [7, 11) is 1.63. The van der Waals surface area contributed by atoms with Gasteiger partial charge in [0.1, 0.15) is 5.37 Å². The van der Waals surface area contributed by atoms with Crippen LogP contribution in [0.5, 0.6) is 0 Å². The number of rotatable bonds is 2. The molecule has 0 aromatic heterocycles. The number of carbonyl (C=O) groups is 2. The van der Waals surface area contributed by atoms with Crippen molar-refractivity contribution in [3.8, 4) is 0 Å². The number of amides is 1. The molecule has 0 radical (unpaired) electrons. The summed E-state index contributed by atoms with van der Waals surface area (Å²) in [6.45, 7) is 1.86. The third kappa shape index (κ3) is 2.63. The van der Waals surface area contributed by atoms with Gasteiger partial charge in [-0.25, -0.2) is 4.79 Å². The van der Waals surface area contributed by atoms with Crippen LogP contribution >= 0.6 is 11.8 Å². The van der Waals surface area contributed by atoms with Crippen LogP contribution in [0.3, 0.4) is 0 Å². The van der Waals surface area contributed by atoms with Gasteiger partial charge in [0.15, 0.2) is 0 Å². The number of nitrogens with zero attached hydrogens (tertiary/aromatic N) is 2. The summed E-state index contributed by atoms with van der Waals surface area (Å²) < 4.78 is 0. The van der Waals surface area contributed by atoms with Gasteiger partial charge in [-0.05, 0) is 25.9 Å². The minimum absolute atomic E-state index is 0.00981. The van der Waals surface area contributed by atoms with Gasteiger partial charge in [-0.2, -0.15) is 0 Å². The standard InChI is InChI=1S/C11H16N2O3S/c1-12-8(7-9(14)15)17-11(10(12)16)13-5-3-2-4-6-13/h7,11H,2-6H2,1H3,(H,14,15)/b8-7-/t11-/m0/s1. The van der Waals surface area contributed by atoms with E-state index in [4.69, 9.17) is 5.11 Å². The molecular formula is C11H16N2O3S. The van der Waals surface area contributed by atoms with Crippen LogP contribution in [0.15, 0.2) is 11.1 Å². The fraction of sp³-hybridized carbons (Fsp3) is 0.636. The van der Waals surface area contributed by atoms with Crippen LogP contribution in [0.25, 0.3) is 0 Å². The summed E-state index contributed by atoms with van der Waals surface area (Å²) in [5.74, 6) is -1.02. The first kappa shape index (κ1) is 12.4. The molecule has 0 spiro atoms. The van der Waals surface area contributed by atoms with Crippen molar-refractivity contribution in [3.05, 3.63) is 11.1 Å². The van der Waals surface area contributed by atoms with E-state index in [0.717, 1.165) is 32.0 Å². The topological polar surface area (TPSA) is 60.9 Å². The number of piperidine rings is 1. The third-order valence-electron chi connectivity index (χ3n) is 3.07. The highest BCUT2D eigenvalue weighted by molar-refractivity contribution is 8.04. The number of aliphatic carboxylic acids is 1. The van der Waals surface area contributed by atoms with Gasteiger partial charge < -0.3 is 10.0 Å². The average Bonchev–Trinajstić information content (AvgIpc) is 2.58. The molecule has 0 aromatic carbocycles. The Bertz CT molecular complexity index is 364. The molecule has 6 heteroatoms. The zero-order chi connectivity index (χ0) is 12.4. The minimum Gasteiger partial charge on any atom is -0.478 e. The van der Waals surface area contributed by atoms with E-state index in [-0.39, 0.29) is 11.3 Å². The second kappa shape index (κ2) is 5.10. The van der Waals surface area contributed by atoms with Gasteiger partial charge in [0, 0.05) is 7.05 Å². The molecule has 2 aliphatic rings. The number of thioether (sulfide) groups is 1. The van der Waals surface area contributed by atoms with Gasteiger partial charge in [-0.3, -0.25) is 9.69 Å². The summed E-state index contributed by atoms with van der Waals surface area (Å²) >= 11 is 1.34. The quantitative estimate of drug-likeness (QED) is 0.745.